The molecule has 0 bridgehead atoms. The Morgan fingerprint density at radius 3 is 2.44 bits per heavy atom. The van der Waals surface area contributed by atoms with Crippen molar-refractivity contribution in [1.82, 2.24) is 0 Å². The molecule has 2 aromatic carbocycles. The van der Waals surface area contributed by atoms with Gasteiger partial charge in [0.2, 0.25) is 0 Å². The first-order chi connectivity index (χ1) is 16.4. The topological polar surface area (TPSA) is 82.1 Å². The number of carbonyl (C=O) groups is 1. The van der Waals surface area contributed by atoms with Crippen LogP contribution in [0.5, 0.6) is 5.75 Å². The minimum atomic E-state index is -3.91. The van der Waals surface area contributed by atoms with Crippen molar-refractivity contribution < 1.29 is 27.4 Å². The monoisotopic (exact) mass is 487 g/mol. The number of hydrogen-bond donors (Lipinski definition) is 0. The molecule has 0 radical (unpaired) electrons. The Kier molecular flexibility index (Phi) is 7.60. The second-order valence-electron chi connectivity index (χ2n) is 8.90. The lowest BCUT2D eigenvalue weighted by atomic mass is 9.89. The van der Waals surface area contributed by atoms with Crippen molar-refractivity contribution in [3.63, 3.8) is 0 Å². The summed E-state index contributed by atoms with van der Waals surface area (Å²) in [5, 5.41) is 0. The molecular weight excluding hydrogens is 454 g/mol. The van der Waals surface area contributed by atoms with Gasteiger partial charge in [0.05, 0.1) is 35.4 Å². The zero-order valence-corrected chi connectivity index (χ0v) is 20.8. The number of nitrogens with zero attached hydrogens (tertiary/aromatic N) is 1. The van der Waals surface area contributed by atoms with Gasteiger partial charge in [0.15, 0.2) is 5.78 Å². The molecule has 4 rings (SSSR count). The van der Waals surface area contributed by atoms with E-state index in [1.54, 1.807) is 13.2 Å². The Hall–Kier alpha value is -2.42. The summed E-state index contributed by atoms with van der Waals surface area (Å²) < 4.78 is 45.6. The molecule has 2 aliphatic heterocycles. The molecule has 0 amide bonds. The predicted octanol–water partition coefficient (Wildman–Crippen LogP) is 4.24. The molecule has 2 aromatic rings. The number of methoxy groups -OCH3 is 1. The van der Waals surface area contributed by atoms with Crippen LogP contribution >= 0.6 is 0 Å². The lowest BCUT2D eigenvalue weighted by Gasteiger charge is -2.38. The Balaban J connectivity index is 1.64. The highest BCUT2D eigenvalue weighted by atomic mass is 32.2. The van der Waals surface area contributed by atoms with Gasteiger partial charge >= 0.3 is 0 Å². The van der Waals surface area contributed by atoms with Crippen molar-refractivity contribution in [2.24, 2.45) is 5.92 Å². The molecule has 0 aliphatic carbocycles. The van der Waals surface area contributed by atoms with Gasteiger partial charge in [0.1, 0.15) is 11.9 Å². The van der Waals surface area contributed by atoms with Gasteiger partial charge in [-0.3, -0.25) is 9.10 Å². The summed E-state index contributed by atoms with van der Waals surface area (Å²) in [5.74, 6) is 0.549. The van der Waals surface area contributed by atoms with Gasteiger partial charge in [0, 0.05) is 20.1 Å². The Morgan fingerprint density at radius 1 is 1.12 bits per heavy atom. The summed E-state index contributed by atoms with van der Waals surface area (Å²) in [4.78, 5) is 13.1. The maximum atomic E-state index is 13.8. The minimum Gasteiger partial charge on any atom is -0.489 e. The summed E-state index contributed by atoms with van der Waals surface area (Å²) in [7, 11) is -2.25. The fourth-order valence-electron chi connectivity index (χ4n) is 4.57. The molecular formula is C26H33NO6S. The van der Waals surface area contributed by atoms with Crippen LogP contribution in [0.1, 0.15) is 49.0 Å². The highest BCUT2D eigenvalue weighted by molar-refractivity contribution is 7.92. The number of sulfonamides is 1. The van der Waals surface area contributed by atoms with Crippen molar-refractivity contribution >= 4 is 21.5 Å². The molecule has 2 heterocycles. The summed E-state index contributed by atoms with van der Waals surface area (Å²) >= 11 is 0. The first-order valence-corrected chi connectivity index (χ1v) is 13.4. The number of ketones is 1. The zero-order valence-electron chi connectivity index (χ0n) is 20.0. The van der Waals surface area contributed by atoms with E-state index < -0.39 is 10.0 Å². The van der Waals surface area contributed by atoms with Gasteiger partial charge in [-0.2, -0.15) is 0 Å². The first kappa shape index (κ1) is 24.7. The largest absolute Gasteiger partial charge is 0.489 e. The minimum absolute atomic E-state index is 0.0829. The molecule has 1 fully saturated rings. The standard InChI is InChI=1S/C26H33NO6S/c1-4-18-6-8-20(9-7-18)27(21-16-32-17-21)34(29,30)22-10-11-25-23(14-22)24(28)15-26(33-25)19(5-2)12-13-31-3/h6-11,14,19,21,26H,4-5,12-13,15-17H2,1-3H3. The molecule has 0 spiro atoms. The van der Waals surface area contributed by atoms with Gasteiger partial charge in [-0.1, -0.05) is 26.0 Å². The van der Waals surface area contributed by atoms with Crippen LogP contribution in [0.25, 0.3) is 0 Å². The first-order valence-electron chi connectivity index (χ1n) is 11.9. The molecule has 2 aliphatic rings. The van der Waals surface area contributed by atoms with Crippen molar-refractivity contribution in [1.29, 1.82) is 0 Å². The smallest absolute Gasteiger partial charge is 0.264 e. The van der Waals surface area contributed by atoms with Crippen molar-refractivity contribution in [2.75, 3.05) is 31.2 Å². The van der Waals surface area contributed by atoms with E-state index in [0.717, 1.165) is 24.8 Å². The second kappa shape index (κ2) is 10.5. The maximum Gasteiger partial charge on any atom is 0.264 e. The van der Waals surface area contributed by atoms with E-state index in [4.69, 9.17) is 14.2 Å². The van der Waals surface area contributed by atoms with E-state index >= 15 is 0 Å². The van der Waals surface area contributed by atoms with Gasteiger partial charge in [-0.05, 0) is 61.1 Å². The fraction of sp³-hybridized carbons (Fsp3) is 0.500. The summed E-state index contributed by atoms with van der Waals surface area (Å²) in [5.41, 5.74) is 2.05. The fourth-order valence-corrected chi connectivity index (χ4v) is 6.22. The van der Waals surface area contributed by atoms with Crippen molar-refractivity contribution in [2.45, 2.75) is 56.6 Å². The number of aryl methyl sites for hydroxylation is 1. The Morgan fingerprint density at radius 2 is 1.85 bits per heavy atom. The molecule has 184 valence electrons. The molecule has 8 heteroatoms. The van der Waals surface area contributed by atoms with Gasteiger partial charge in [-0.25, -0.2) is 8.42 Å². The third kappa shape index (κ3) is 4.85. The van der Waals surface area contributed by atoms with Crippen LogP contribution in [-0.2, 0) is 25.9 Å². The van der Waals surface area contributed by atoms with Crippen LogP contribution in [0.3, 0.4) is 0 Å². The third-order valence-electron chi connectivity index (χ3n) is 6.77. The van der Waals surface area contributed by atoms with Crippen LogP contribution in [0.4, 0.5) is 5.69 Å². The molecule has 34 heavy (non-hydrogen) atoms. The molecule has 0 aromatic heterocycles. The number of hydrogen-bond acceptors (Lipinski definition) is 6. The lowest BCUT2D eigenvalue weighted by Crippen LogP contribution is -2.52. The van der Waals surface area contributed by atoms with Gasteiger partial charge in [-0.15, -0.1) is 0 Å². The number of benzene rings is 2. The maximum absolute atomic E-state index is 13.8. The molecule has 0 N–H and O–H groups in total. The highest BCUT2D eigenvalue weighted by Crippen LogP contribution is 2.36. The quantitative estimate of drug-likeness (QED) is 0.499. The number of rotatable bonds is 10. The molecule has 2 atom stereocenters. The number of Topliss-reactive ketones (excluding diaryl/α,β-unsaturated/α-hetero) is 1. The third-order valence-corrected chi connectivity index (χ3v) is 8.64. The SMILES string of the molecule is CCc1ccc(N(C2COC2)S(=O)(=O)c2ccc3c(c2)C(=O)CC(C(CC)CCOC)O3)cc1. The molecule has 7 nitrogen and oxygen atoms in total. The van der Waals surface area contributed by atoms with E-state index in [-0.39, 0.29) is 35.2 Å². The Labute approximate surface area is 202 Å². The van der Waals surface area contributed by atoms with Crippen molar-refractivity contribution in [3.8, 4) is 5.75 Å². The molecule has 2 unspecified atom stereocenters. The van der Waals surface area contributed by atoms with Crippen molar-refractivity contribution in [3.05, 3.63) is 53.6 Å². The van der Waals surface area contributed by atoms with Crippen LogP contribution in [0.2, 0.25) is 0 Å². The number of ether oxygens (including phenoxy) is 3. The van der Waals surface area contributed by atoms with E-state index in [1.165, 1.54) is 16.4 Å². The van der Waals surface area contributed by atoms with Crippen LogP contribution in [-0.4, -0.2) is 53.3 Å². The average molecular weight is 488 g/mol. The van der Waals surface area contributed by atoms with Crippen LogP contribution < -0.4 is 9.04 Å². The average Bonchev–Trinajstić information content (AvgIpc) is 2.81. The van der Waals surface area contributed by atoms with E-state index in [0.29, 0.717) is 36.8 Å². The van der Waals surface area contributed by atoms with E-state index in [1.807, 2.05) is 24.3 Å². The highest BCUT2D eigenvalue weighted by Gasteiger charge is 2.38. The number of fused-ring (bicyclic) bond motifs is 1. The Bertz CT molecular complexity index is 1110. The summed E-state index contributed by atoms with van der Waals surface area (Å²) in [6.45, 7) is 5.41. The predicted molar refractivity (Wildman–Crippen MR) is 130 cm³/mol. The van der Waals surface area contributed by atoms with Crippen LogP contribution in [0, 0.1) is 5.92 Å². The summed E-state index contributed by atoms with van der Waals surface area (Å²) in [6.07, 6.45) is 2.55. The zero-order chi connectivity index (χ0) is 24.3. The van der Waals surface area contributed by atoms with Gasteiger partial charge < -0.3 is 14.2 Å². The normalized spacial score (nSPS) is 19.1. The van der Waals surface area contributed by atoms with E-state index in [9.17, 15) is 13.2 Å². The molecule has 0 saturated carbocycles. The number of anilines is 1. The number of carbonyl (C=O) groups excluding carboxylic acids is 1. The van der Waals surface area contributed by atoms with E-state index in [2.05, 4.69) is 13.8 Å². The molecule has 1 saturated heterocycles. The van der Waals surface area contributed by atoms with Gasteiger partial charge in [0.25, 0.3) is 10.0 Å². The van der Waals surface area contributed by atoms with Crippen LogP contribution in [0.15, 0.2) is 47.4 Å². The lowest BCUT2D eigenvalue weighted by molar-refractivity contribution is 0.0145. The summed E-state index contributed by atoms with van der Waals surface area (Å²) in [6, 6.07) is 11.9. The second-order valence-corrected chi connectivity index (χ2v) is 10.7.